The van der Waals surface area contributed by atoms with Crippen molar-refractivity contribution in [2.45, 2.75) is 218 Å². The van der Waals surface area contributed by atoms with E-state index in [4.69, 9.17) is 18.9 Å². The molecule has 0 aromatic carbocycles. The molecule has 1 heterocycles. The summed E-state index contributed by atoms with van der Waals surface area (Å²) in [5.74, 6) is -0.327. The van der Waals surface area contributed by atoms with E-state index in [1.165, 1.54) is 96.3 Å². The molecule has 54 heavy (non-hydrogen) atoms. The van der Waals surface area contributed by atoms with E-state index in [2.05, 4.69) is 50.3 Å². The SMILES string of the molecule is CCCCC/C=C\C/C=C\CCCCCCCCOCC(COC1OC(CO)C(O)C(O)C1O)OC(=O)CCCCCCC/C=C\CCCCCCCC. The van der Waals surface area contributed by atoms with E-state index < -0.39 is 43.4 Å². The van der Waals surface area contributed by atoms with Gasteiger partial charge in [0.2, 0.25) is 0 Å². The van der Waals surface area contributed by atoms with Crippen molar-refractivity contribution in [2.75, 3.05) is 26.4 Å². The number of unbranched alkanes of at least 4 members (excludes halogenated alkanes) is 20. The second kappa shape index (κ2) is 37.0. The molecule has 1 rings (SSSR count). The normalized spacial score (nSPS) is 21.2. The smallest absolute Gasteiger partial charge is 0.306 e. The number of aliphatic hydroxyl groups is 4. The van der Waals surface area contributed by atoms with Crippen LogP contribution in [0.5, 0.6) is 0 Å². The molecule has 1 aliphatic heterocycles. The molecule has 6 atom stereocenters. The lowest BCUT2D eigenvalue weighted by Gasteiger charge is -2.39. The van der Waals surface area contributed by atoms with Gasteiger partial charge in [-0.3, -0.25) is 4.79 Å². The first-order valence-corrected chi connectivity index (χ1v) is 22.1. The third kappa shape index (κ3) is 27.9. The molecule has 4 N–H and O–H groups in total. The Morgan fingerprint density at radius 1 is 0.593 bits per heavy atom. The van der Waals surface area contributed by atoms with E-state index >= 15 is 0 Å². The molecule has 1 aliphatic rings. The van der Waals surface area contributed by atoms with Gasteiger partial charge < -0.3 is 39.4 Å². The van der Waals surface area contributed by atoms with Gasteiger partial charge in [-0.05, 0) is 70.6 Å². The van der Waals surface area contributed by atoms with Gasteiger partial charge in [0.25, 0.3) is 0 Å². The van der Waals surface area contributed by atoms with Crippen LogP contribution < -0.4 is 0 Å². The Kier molecular flexibility index (Phi) is 34.6. The van der Waals surface area contributed by atoms with Crippen LogP contribution in [0.2, 0.25) is 0 Å². The highest BCUT2D eigenvalue weighted by Crippen LogP contribution is 2.22. The Hall–Kier alpha value is -1.59. The number of carbonyl (C=O) groups is 1. The molecule has 0 aromatic rings. The summed E-state index contributed by atoms with van der Waals surface area (Å²) in [6, 6.07) is 0. The van der Waals surface area contributed by atoms with Gasteiger partial charge in [-0.25, -0.2) is 0 Å². The predicted octanol–water partition coefficient (Wildman–Crippen LogP) is 9.58. The summed E-state index contributed by atoms with van der Waals surface area (Å²) >= 11 is 0. The zero-order chi connectivity index (χ0) is 39.3. The number of ether oxygens (including phenoxy) is 4. The van der Waals surface area contributed by atoms with Crippen LogP contribution in [0.3, 0.4) is 0 Å². The maximum atomic E-state index is 12.8. The summed E-state index contributed by atoms with van der Waals surface area (Å²) in [5, 5.41) is 40.1. The Labute approximate surface area is 330 Å². The van der Waals surface area contributed by atoms with Gasteiger partial charge >= 0.3 is 5.97 Å². The topological polar surface area (TPSA) is 135 Å². The van der Waals surface area contributed by atoms with Crippen molar-refractivity contribution >= 4 is 5.97 Å². The van der Waals surface area contributed by atoms with Gasteiger partial charge in [0, 0.05) is 13.0 Å². The number of hydrogen-bond acceptors (Lipinski definition) is 9. The Morgan fingerprint density at radius 3 is 1.65 bits per heavy atom. The lowest BCUT2D eigenvalue weighted by molar-refractivity contribution is -0.305. The summed E-state index contributed by atoms with van der Waals surface area (Å²) in [4.78, 5) is 12.8. The van der Waals surface area contributed by atoms with Crippen LogP contribution in [-0.4, -0.2) is 89.6 Å². The van der Waals surface area contributed by atoms with Gasteiger partial charge in [0.1, 0.15) is 30.5 Å². The van der Waals surface area contributed by atoms with Crippen molar-refractivity contribution < 1.29 is 44.2 Å². The van der Waals surface area contributed by atoms with Crippen LogP contribution in [-0.2, 0) is 23.7 Å². The first-order chi connectivity index (χ1) is 26.4. The average molecular weight is 767 g/mol. The molecule has 0 saturated carbocycles. The predicted molar refractivity (Wildman–Crippen MR) is 219 cm³/mol. The Bertz CT molecular complexity index is 921. The largest absolute Gasteiger partial charge is 0.457 e. The molecule has 6 unspecified atom stereocenters. The quantitative estimate of drug-likeness (QED) is 0.0277. The van der Waals surface area contributed by atoms with Gasteiger partial charge in [-0.15, -0.1) is 0 Å². The molecule has 0 radical (unpaired) electrons. The number of hydrogen-bond donors (Lipinski definition) is 4. The minimum Gasteiger partial charge on any atom is -0.457 e. The molecule has 0 bridgehead atoms. The number of allylic oxidation sites excluding steroid dienone is 6. The average Bonchev–Trinajstić information content (AvgIpc) is 3.17. The standard InChI is InChI=1S/C45H82O9/c1-3-5-7-9-11-13-15-17-19-21-23-25-27-29-31-33-35-51-37-39(38-52-45-44(50)43(49)42(48)40(36-46)54-45)53-41(47)34-32-30-28-26-24-22-20-18-16-14-12-10-8-6-4-2/h11,13,17-20,39-40,42-46,48-50H,3-10,12,14-16,21-38H2,1-2H3/b13-11-,19-17-,20-18-. The monoisotopic (exact) mass is 767 g/mol. The van der Waals surface area contributed by atoms with Gasteiger partial charge in [-0.1, -0.05) is 140 Å². The van der Waals surface area contributed by atoms with Crippen LogP contribution in [0.15, 0.2) is 36.5 Å². The minimum absolute atomic E-state index is 0.121. The zero-order valence-electron chi connectivity index (χ0n) is 34.5. The van der Waals surface area contributed by atoms with Gasteiger partial charge in [-0.2, -0.15) is 0 Å². The third-order valence-corrected chi connectivity index (χ3v) is 10.0. The van der Waals surface area contributed by atoms with E-state index in [1.807, 2.05) is 0 Å². The summed E-state index contributed by atoms with van der Waals surface area (Å²) in [6.45, 7) is 4.49. The van der Waals surface area contributed by atoms with Crippen LogP contribution >= 0.6 is 0 Å². The Balaban J connectivity index is 2.29. The second-order valence-electron chi connectivity index (χ2n) is 15.1. The molecular formula is C45H82O9. The van der Waals surface area contributed by atoms with E-state index in [9.17, 15) is 25.2 Å². The van der Waals surface area contributed by atoms with E-state index in [-0.39, 0.29) is 19.2 Å². The van der Waals surface area contributed by atoms with E-state index in [0.29, 0.717) is 13.0 Å². The summed E-state index contributed by atoms with van der Waals surface area (Å²) in [7, 11) is 0. The lowest BCUT2D eigenvalue weighted by atomic mass is 9.99. The molecule has 0 amide bonds. The zero-order valence-corrected chi connectivity index (χ0v) is 34.5. The number of rotatable bonds is 37. The lowest BCUT2D eigenvalue weighted by Crippen LogP contribution is -2.59. The molecular weight excluding hydrogens is 684 g/mol. The van der Waals surface area contributed by atoms with Crippen LogP contribution in [0.4, 0.5) is 0 Å². The van der Waals surface area contributed by atoms with Gasteiger partial charge in [0.05, 0.1) is 19.8 Å². The molecule has 0 aliphatic carbocycles. The summed E-state index contributed by atoms with van der Waals surface area (Å²) < 4.78 is 22.8. The van der Waals surface area contributed by atoms with E-state index in [0.717, 1.165) is 64.2 Å². The molecule has 1 fully saturated rings. The maximum absolute atomic E-state index is 12.8. The van der Waals surface area contributed by atoms with E-state index in [1.54, 1.807) is 0 Å². The fourth-order valence-corrected chi connectivity index (χ4v) is 6.52. The van der Waals surface area contributed by atoms with Crippen molar-refractivity contribution in [1.82, 2.24) is 0 Å². The van der Waals surface area contributed by atoms with Crippen molar-refractivity contribution in [3.05, 3.63) is 36.5 Å². The maximum Gasteiger partial charge on any atom is 0.306 e. The molecule has 0 aromatic heterocycles. The van der Waals surface area contributed by atoms with Crippen LogP contribution in [0, 0.1) is 0 Å². The molecule has 316 valence electrons. The molecule has 0 spiro atoms. The molecule has 1 saturated heterocycles. The number of esters is 1. The first kappa shape index (κ1) is 50.4. The highest BCUT2D eigenvalue weighted by atomic mass is 16.7. The Morgan fingerprint density at radius 2 is 1.07 bits per heavy atom. The molecule has 9 heteroatoms. The van der Waals surface area contributed by atoms with Crippen molar-refractivity contribution in [1.29, 1.82) is 0 Å². The second-order valence-corrected chi connectivity index (χ2v) is 15.1. The third-order valence-electron chi connectivity index (χ3n) is 10.0. The summed E-state index contributed by atoms with van der Waals surface area (Å²) in [6.07, 6.45) is 35.9. The van der Waals surface area contributed by atoms with Crippen LogP contribution in [0.1, 0.15) is 181 Å². The van der Waals surface area contributed by atoms with Gasteiger partial charge in [0.15, 0.2) is 6.29 Å². The minimum atomic E-state index is -1.54. The van der Waals surface area contributed by atoms with Crippen molar-refractivity contribution in [2.24, 2.45) is 0 Å². The number of aliphatic hydroxyl groups excluding tert-OH is 4. The van der Waals surface area contributed by atoms with Crippen molar-refractivity contribution in [3.8, 4) is 0 Å². The van der Waals surface area contributed by atoms with Crippen molar-refractivity contribution in [3.63, 3.8) is 0 Å². The summed E-state index contributed by atoms with van der Waals surface area (Å²) in [5.41, 5.74) is 0. The molecule has 9 nitrogen and oxygen atoms in total. The fourth-order valence-electron chi connectivity index (χ4n) is 6.52. The van der Waals surface area contributed by atoms with Crippen LogP contribution in [0.25, 0.3) is 0 Å². The number of carbonyl (C=O) groups excluding carboxylic acids is 1. The first-order valence-electron chi connectivity index (χ1n) is 22.1. The highest BCUT2D eigenvalue weighted by molar-refractivity contribution is 5.69. The fraction of sp³-hybridized carbons (Fsp3) is 0.844. The highest BCUT2D eigenvalue weighted by Gasteiger charge is 2.44.